The Balaban J connectivity index is 0.885. The van der Waals surface area contributed by atoms with Crippen LogP contribution in [-0.4, -0.2) is 84.7 Å². The van der Waals surface area contributed by atoms with Crippen LogP contribution in [0.1, 0.15) is 136 Å². The molecular weight excluding hydrogens is 813 g/mol. The molecule has 0 amide bonds. The predicted molar refractivity (Wildman–Crippen MR) is 254 cm³/mol. The number of methoxy groups -OCH3 is 1. The summed E-state index contributed by atoms with van der Waals surface area (Å²) in [4.78, 5) is 17.6. The maximum absolute atomic E-state index is 11.8. The predicted octanol–water partition coefficient (Wildman–Crippen LogP) is 10.7. The molecular formula is C54H72N6O5. The zero-order valence-corrected chi connectivity index (χ0v) is 40.2. The lowest BCUT2D eigenvalue weighted by molar-refractivity contribution is -0.260. The summed E-state index contributed by atoms with van der Waals surface area (Å²) in [5.74, 6) is 5.15. The van der Waals surface area contributed by atoms with E-state index in [4.69, 9.17) is 28.9 Å². The smallest absolute Gasteiger partial charge is 0.221 e. The summed E-state index contributed by atoms with van der Waals surface area (Å²) in [5, 5.41) is 11.8. The van der Waals surface area contributed by atoms with Crippen LogP contribution in [0.5, 0.6) is 11.6 Å². The number of benzene rings is 2. The number of hydrogen-bond donors (Lipinski definition) is 1. The fraction of sp³-hybridized carbons (Fsp3) is 0.648. The number of fused-ring (bicyclic) bond motifs is 6. The van der Waals surface area contributed by atoms with Crippen molar-refractivity contribution in [2.45, 2.75) is 161 Å². The number of nitrogens with zero attached hydrogens (tertiary/aromatic N) is 6. The van der Waals surface area contributed by atoms with Crippen molar-refractivity contribution < 1.29 is 24.1 Å². The first-order valence-electron chi connectivity index (χ1n) is 25.0. The van der Waals surface area contributed by atoms with Crippen LogP contribution in [0.4, 0.5) is 0 Å². The van der Waals surface area contributed by atoms with E-state index in [0.29, 0.717) is 48.9 Å². The summed E-state index contributed by atoms with van der Waals surface area (Å²) >= 11 is 0. The zero-order valence-electron chi connectivity index (χ0n) is 40.2. The van der Waals surface area contributed by atoms with Gasteiger partial charge in [-0.1, -0.05) is 53.0 Å². The van der Waals surface area contributed by atoms with Crippen LogP contribution in [0.3, 0.4) is 0 Å². The van der Waals surface area contributed by atoms with E-state index in [1.807, 2.05) is 13.0 Å². The van der Waals surface area contributed by atoms with Crippen molar-refractivity contribution in [1.29, 1.82) is 0 Å². The lowest BCUT2D eigenvalue weighted by Gasteiger charge is -2.65. The van der Waals surface area contributed by atoms with Crippen molar-refractivity contribution in [1.82, 2.24) is 29.0 Å². The van der Waals surface area contributed by atoms with Gasteiger partial charge in [0.15, 0.2) is 0 Å². The van der Waals surface area contributed by atoms with Gasteiger partial charge in [0.05, 0.1) is 47.0 Å². The van der Waals surface area contributed by atoms with Gasteiger partial charge >= 0.3 is 0 Å². The highest BCUT2D eigenvalue weighted by Crippen LogP contribution is 2.65. The molecule has 8 atom stereocenters. The molecule has 0 unspecified atom stereocenters. The van der Waals surface area contributed by atoms with Gasteiger partial charge in [-0.2, -0.15) is 0 Å². The molecule has 13 rings (SSSR count). The second-order valence-electron chi connectivity index (χ2n) is 22.7. The number of piperidine rings is 1. The third-order valence-electron chi connectivity index (χ3n) is 18.6. The van der Waals surface area contributed by atoms with Gasteiger partial charge in [-0.3, -0.25) is 0 Å². The van der Waals surface area contributed by atoms with Crippen molar-refractivity contribution in [2.75, 3.05) is 27.2 Å². The number of likely N-dealkylation sites (tertiary alicyclic amines) is 1. The summed E-state index contributed by atoms with van der Waals surface area (Å²) in [6, 6.07) is 17.9. The number of imidazole rings is 2. The van der Waals surface area contributed by atoms with E-state index < -0.39 is 11.2 Å². The molecule has 11 nitrogen and oxygen atoms in total. The monoisotopic (exact) mass is 885 g/mol. The Hall–Kier alpha value is -4.03. The summed E-state index contributed by atoms with van der Waals surface area (Å²) in [6.07, 6.45) is 13.7. The molecule has 11 heteroatoms. The SMILES string of the molecule is COc1ncccc1-c1ccc2c(c1)nc(CO[C@H]1C[C@H]3C[C@H](C3(C)C)[C@@]1(C)Oc1ccc3c(c1)nc(CO[C@H]1C[C@H]4C[C@H](C4(C)C)[C@@]1(C)O)n3C1CCN(C)CC1)n2C1CCCCC1. The van der Waals surface area contributed by atoms with E-state index >= 15 is 0 Å². The molecule has 7 aliphatic carbocycles. The molecule has 5 aromatic rings. The van der Waals surface area contributed by atoms with Gasteiger partial charge in [-0.25, -0.2) is 15.0 Å². The lowest BCUT2D eigenvalue weighted by Crippen LogP contribution is -2.69. The van der Waals surface area contributed by atoms with E-state index in [9.17, 15) is 5.11 Å². The Labute approximate surface area is 385 Å². The first-order valence-corrected chi connectivity index (χ1v) is 25.0. The van der Waals surface area contributed by atoms with Crippen LogP contribution in [0, 0.1) is 34.5 Å². The molecule has 1 saturated heterocycles. The highest BCUT2D eigenvalue weighted by molar-refractivity contribution is 5.84. The molecule has 7 saturated carbocycles. The molecule has 2 aromatic carbocycles. The number of hydrogen-bond acceptors (Lipinski definition) is 9. The Kier molecular flexibility index (Phi) is 10.8. The second kappa shape index (κ2) is 16.1. The van der Waals surface area contributed by atoms with E-state index in [2.05, 4.69) is 103 Å². The van der Waals surface area contributed by atoms with E-state index in [1.165, 1.54) is 19.3 Å². The molecule has 1 N–H and O–H groups in total. The lowest BCUT2D eigenvalue weighted by atomic mass is 9.43. The minimum atomic E-state index is -0.854. The summed E-state index contributed by atoms with van der Waals surface area (Å²) in [7, 11) is 3.89. The van der Waals surface area contributed by atoms with Crippen molar-refractivity contribution in [3.05, 3.63) is 66.4 Å². The standard InChI is InChI=1S/C54H72N6O5/c1-51(2)34-26-44(51)53(5,61)46(28-34)63-31-48-57-41-30-38(17-19-43(41)60(48)37-20-23-58(7)24-21-37)65-54(6)45-27-35(52(45,3)4)29-47(54)64-32-49-56-40-25-33(39-15-12-22-55-50(39)62-8)16-18-42(40)59(49)36-13-10-9-11-14-36/h12,15-19,22,25,30,34-37,44-47,61H,9-11,13-14,20-21,23-24,26-29,31-32H2,1-8H3/t34-,35-,44-,45-,46+,47+,53-,54-/m1/s1. The molecule has 65 heavy (non-hydrogen) atoms. The van der Waals surface area contributed by atoms with Gasteiger partial charge in [0.2, 0.25) is 5.88 Å². The van der Waals surface area contributed by atoms with Crippen LogP contribution in [0.2, 0.25) is 0 Å². The highest BCUT2D eigenvalue weighted by atomic mass is 16.6. The van der Waals surface area contributed by atoms with Gasteiger partial charge in [-0.05, 0) is 156 Å². The first kappa shape index (κ1) is 43.5. The Morgan fingerprint density at radius 2 is 1.29 bits per heavy atom. The van der Waals surface area contributed by atoms with Gasteiger partial charge in [-0.15, -0.1) is 0 Å². The van der Waals surface area contributed by atoms with Crippen LogP contribution >= 0.6 is 0 Å². The minimum Gasteiger partial charge on any atom is -0.484 e. The molecule has 0 spiro atoms. The third kappa shape index (κ3) is 7.14. The average Bonchev–Trinajstić information content (AvgIpc) is 3.85. The normalized spacial score (nSPS) is 32.3. The third-order valence-corrected chi connectivity index (χ3v) is 18.6. The van der Waals surface area contributed by atoms with Gasteiger partial charge < -0.3 is 38.1 Å². The molecule has 8 fully saturated rings. The maximum atomic E-state index is 11.8. The van der Waals surface area contributed by atoms with Gasteiger partial charge in [0.25, 0.3) is 0 Å². The number of rotatable bonds is 12. The van der Waals surface area contributed by atoms with Crippen molar-refractivity contribution in [3.63, 3.8) is 0 Å². The summed E-state index contributed by atoms with van der Waals surface area (Å²) in [5.41, 5.74) is 5.11. The molecule has 0 radical (unpaired) electrons. The van der Waals surface area contributed by atoms with E-state index in [-0.39, 0.29) is 29.0 Å². The highest BCUT2D eigenvalue weighted by Gasteiger charge is 2.66. The topological polar surface area (TPSA) is 109 Å². The van der Waals surface area contributed by atoms with Crippen molar-refractivity contribution in [3.8, 4) is 22.8 Å². The Morgan fingerprint density at radius 1 is 0.692 bits per heavy atom. The molecule has 348 valence electrons. The number of aliphatic hydroxyl groups is 1. The van der Waals surface area contributed by atoms with Crippen LogP contribution in [-0.2, 0) is 22.7 Å². The van der Waals surface area contributed by atoms with Crippen molar-refractivity contribution >= 4 is 22.1 Å². The largest absolute Gasteiger partial charge is 0.484 e. The van der Waals surface area contributed by atoms with Crippen molar-refractivity contribution in [2.24, 2.45) is 34.5 Å². The molecule has 4 heterocycles. The fourth-order valence-electron chi connectivity index (χ4n) is 14.3. The Morgan fingerprint density at radius 3 is 1.94 bits per heavy atom. The van der Waals surface area contributed by atoms with Gasteiger partial charge in [0, 0.05) is 35.8 Å². The number of aromatic nitrogens is 5. The average molecular weight is 885 g/mol. The van der Waals surface area contributed by atoms with Crippen LogP contribution in [0.25, 0.3) is 33.2 Å². The summed E-state index contributed by atoms with van der Waals surface area (Å²) in [6.45, 7) is 16.7. The number of pyridine rings is 1. The van der Waals surface area contributed by atoms with E-state index in [0.717, 1.165) is 115 Å². The zero-order chi connectivity index (χ0) is 45.0. The fourth-order valence-corrected chi connectivity index (χ4v) is 14.3. The second-order valence-corrected chi connectivity index (χ2v) is 22.7. The molecule has 8 aliphatic rings. The Bertz CT molecular complexity index is 2560. The molecule has 1 aliphatic heterocycles. The van der Waals surface area contributed by atoms with E-state index in [1.54, 1.807) is 13.3 Å². The first-order chi connectivity index (χ1) is 31.2. The van der Waals surface area contributed by atoms with Crippen LogP contribution < -0.4 is 9.47 Å². The van der Waals surface area contributed by atoms with Crippen LogP contribution in [0.15, 0.2) is 54.7 Å². The van der Waals surface area contributed by atoms with Gasteiger partial charge in [0.1, 0.15) is 36.2 Å². The molecule has 3 aromatic heterocycles. The molecule has 4 bridgehead atoms. The minimum absolute atomic E-state index is 0.106. The summed E-state index contributed by atoms with van der Waals surface area (Å²) < 4.78 is 31.9. The number of ether oxygens (including phenoxy) is 4. The maximum Gasteiger partial charge on any atom is 0.221 e. The quantitative estimate of drug-likeness (QED) is 0.131.